The van der Waals surface area contributed by atoms with Crippen molar-refractivity contribution in [3.05, 3.63) is 29.6 Å². The van der Waals surface area contributed by atoms with Gasteiger partial charge in [-0.25, -0.2) is 0 Å². The summed E-state index contributed by atoms with van der Waals surface area (Å²) in [7, 11) is 0. The number of anilines is 1. The molecule has 0 saturated carbocycles. The van der Waals surface area contributed by atoms with Crippen LogP contribution < -0.4 is 5.32 Å². The molecule has 0 bridgehead atoms. The van der Waals surface area contributed by atoms with Crippen LogP contribution in [-0.4, -0.2) is 11.8 Å². The molecule has 0 spiro atoms. The molecule has 2 nitrogen and oxygen atoms in total. The number of aliphatic hydroxyl groups is 1. The van der Waals surface area contributed by atoms with Crippen molar-refractivity contribution in [3.8, 4) is 0 Å². The zero-order valence-electron chi connectivity index (χ0n) is 6.45. The first kappa shape index (κ1) is 7.58. The average molecular weight is 179 g/mol. The Hall–Kier alpha value is -1.06. The molecule has 0 aliphatic heterocycles. The van der Waals surface area contributed by atoms with E-state index in [9.17, 15) is 0 Å². The first-order valence-corrected chi connectivity index (χ1v) is 4.61. The molecular weight excluding hydrogens is 170 g/mol. The Morgan fingerprint density at radius 2 is 2.17 bits per heavy atom. The van der Waals surface area contributed by atoms with Gasteiger partial charge in [0.2, 0.25) is 0 Å². The fourth-order valence-electron chi connectivity index (χ4n) is 1.20. The topological polar surface area (TPSA) is 32.3 Å². The number of hydrogen-bond donors (Lipinski definition) is 2. The molecule has 0 unspecified atom stereocenters. The van der Waals surface area contributed by atoms with Crippen LogP contribution in [0, 0.1) is 0 Å². The maximum atomic E-state index is 8.69. The van der Waals surface area contributed by atoms with Crippen LogP contribution in [0.25, 0.3) is 10.1 Å². The zero-order valence-corrected chi connectivity index (χ0v) is 7.27. The van der Waals surface area contributed by atoms with Gasteiger partial charge in [-0.15, -0.1) is 11.3 Å². The number of nitrogens with one attached hydrogen (secondary N) is 1. The number of rotatable bonds is 2. The van der Waals surface area contributed by atoms with Crippen molar-refractivity contribution in [1.82, 2.24) is 0 Å². The summed E-state index contributed by atoms with van der Waals surface area (Å²) in [5.41, 5.74) is 1.01. The van der Waals surface area contributed by atoms with Crippen LogP contribution in [0.1, 0.15) is 0 Å². The maximum Gasteiger partial charge on any atom is 0.113 e. The normalized spacial score (nSPS) is 10.4. The summed E-state index contributed by atoms with van der Waals surface area (Å²) in [5.74, 6) is 0. The van der Waals surface area contributed by atoms with E-state index >= 15 is 0 Å². The summed E-state index contributed by atoms with van der Waals surface area (Å²) in [6, 6.07) is 8.13. The highest BCUT2D eigenvalue weighted by molar-refractivity contribution is 7.17. The van der Waals surface area contributed by atoms with Crippen molar-refractivity contribution in [2.24, 2.45) is 0 Å². The van der Waals surface area contributed by atoms with E-state index < -0.39 is 0 Å². The van der Waals surface area contributed by atoms with Gasteiger partial charge in [0.15, 0.2) is 0 Å². The van der Waals surface area contributed by atoms with Crippen molar-refractivity contribution in [2.45, 2.75) is 0 Å². The lowest BCUT2D eigenvalue weighted by molar-refractivity contribution is 0.326. The Morgan fingerprint density at radius 1 is 1.33 bits per heavy atom. The van der Waals surface area contributed by atoms with Gasteiger partial charge >= 0.3 is 0 Å². The second kappa shape index (κ2) is 3.13. The smallest absolute Gasteiger partial charge is 0.113 e. The molecule has 1 aromatic carbocycles. The fourth-order valence-corrected chi connectivity index (χ4v) is 2.12. The van der Waals surface area contributed by atoms with Gasteiger partial charge in [-0.1, -0.05) is 18.2 Å². The molecule has 2 N–H and O–H groups in total. The van der Waals surface area contributed by atoms with Gasteiger partial charge in [0, 0.05) is 15.5 Å². The van der Waals surface area contributed by atoms with E-state index in [4.69, 9.17) is 5.11 Å². The molecule has 0 radical (unpaired) electrons. The monoisotopic (exact) mass is 179 g/mol. The number of aliphatic hydroxyl groups excluding tert-OH is 1. The van der Waals surface area contributed by atoms with Gasteiger partial charge in [0.05, 0.1) is 5.69 Å². The molecule has 12 heavy (non-hydrogen) atoms. The molecule has 0 aliphatic carbocycles. The predicted molar refractivity (Wildman–Crippen MR) is 52.5 cm³/mol. The Labute approximate surface area is 74.5 Å². The SMILES string of the molecule is OCNc1csc2ccccc12. The minimum Gasteiger partial charge on any atom is -0.377 e. The Bertz CT molecular complexity index is 383. The Kier molecular flexibility index (Phi) is 1.98. The highest BCUT2D eigenvalue weighted by Gasteiger charge is 2.00. The van der Waals surface area contributed by atoms with Crippen LogP contribution in [0.5, 0.6) is 0 Å². The first-order chi connectivity index (χ1) is 5.92. The van der Waals surface area contributed by atoms with Crippen LogP contribution >= 0.6 is 11.3 Å². The van der Waals surface area contributed by atoms with E-state index in [1.54, 1.807) is 11.3 Å². The summed E-state index contributed by atoms with van der Waals surface area (Å²) in [5, 5.41) is 14.8. The van der Waals surface area contributed by atoms with Gasteiger partial charge < -0.3 is 10.4 Å². The third-order valence-electron chi connectivity index (χ3n) is 1.75. The molecule has 3 heteroatoms. The number of hydrogen-bond acceptors (Lipinski definition) is 3. The van der Waals surface area contributed by atoms with Crippen molar-refractivity contribution >= 4 is 27.1 Å². The summed E-state index contributed by atoms with van der Waals surface area (Å²) in [6.07, 6.45) is 0. The molecular formula is C9H9NOS. The number of thiophene rings is 1. The quantitative estimate of drug-likeness (QED) is 0.693. The van der Waals surface area contributed by atoms with E-state index in [1.807, 2.05) is 23.6 Å². The molecule has 0 aliphatic rings. The van der Waals surface area contributed by atoms with Crippen molar-refractivity contribution in [1.29, 1.82) is 0 Å². The fraction of sp³-hybridized carbons (Fsp3) is 0.111. The molecule has 0 saturated heterocycles. The molecule has 1 heterocycles. The van der Waals surface area contributed by atoms with E-state index in [0.717, 1.165) is 5.69 Å². The average Bonchev–Trinajstić information content (AvgIpc) is 2.50. The van der Waals surface area contributed by atoms with Gasteiger partial charge in [-0.3, -0.25) is 0 Å². The van der Waals surface area contributed by atoms with Crippen molar-refractivity contribution < 1.29 is 5.11 Å². The van der Waals surface area contributed by atoms with Crippen LogP contribution in [0.3, 0.4) is 0 Å². The minimum atomic E-state index is -0.0132. The summed E-state index contributed by atoms with van der Waals surface area (Å²) < 4.78 is 1.24. The van der Waals surface area contributed by atoms with Gasteiger partial charge in [-0.05, 0) is 6.07 Å². The van der Waals surface area contributed by atoms with Crippen LogP contribution in [-0.2, 0) is 0 Å². The molecule has 0 amide bonds. The maximum absolute atomic E-state index is 8.69. The number of benzene rings is 1. The Morgan fingerprint density at radius 3 is 3.00 bits per heavy atom. The summed E-state index contributed by atoms with van der Waals surface area (Å²) in [6.45, 7) is -0.0132. The summed E-state index contributed by atoms with van der Waals surface area (Å²) >= 11 is 1.68. The lowest BCUT2D eigenvalue weighted by Crippen LogP contribution is -1.97. The van der Waals surface area contributed by atoms with E-state index in [0.29, 0.717) is 0 Å². The molecule has 62 valence electrons. The standard InChI is InChI=1S/C9H9NOS/c11-6-10-8-5-12-9-4-2-1-3-7(8)9/h1-5,10-11H,6H2. The number of fused-ring (bicyclic) bond motifs is 1. The highest BCUT2D eigenvalue weighted by Crippen LogP contribution is 2.29. The van der Waals surface area contributed by atoms with Crippen molar-refractivity contribution in [3.63, 3.8) is 0 Å². The molecule has 2 aromatic rings. The lowest BCUT2D eigenvalue weighted by atomic mass is 10.2. The van der Waals surface area contributed by atoms with Crippen LogP contribution in [0.4, 0.5) is 5.69 Å². The van der Waals surface area contributed by atoms with Gasteiger partial charge in [-0.2, -0.15) is 0 Å². The first-order valence-electron chi connectivity index (χ1n) is 3.73. The predicted octanol–water partition coefficient (Wildman–Crippen LogP) is 2.26. The molecule has 1 aromatic heterocycles. The summed E-state index contributed by atoms with van der Waals surface area (Å²) in [4.78, 5) is 0. The van der Waals surface area contributed by atoms with E-state index in [2.05, 4.69) is 11.4 Å². The molecule has 0 fully saturated rings. The molecule has 0 atom stereocenters. The second-order valence-corrected chi connectivity index (χ2v) is 3.39. The van der Waals surface area contributed by atoms with E-state index in [-0.39, 0.29) is 6.73 Å². The van der Waals surface area contributed by atoms with Crippen molar-refractivity contribution in [2.75, 3.05) is 12.0 Å². The third kappa shape index (κ3) is 1.17. The Balaban J connectivity index is 2.55. The second-order valence-electron chi connectivity index (χ2n) is 2.48. The van der Waals surface area contributed by atoms with Gasteiger partial charge in [0.1, 0.15) is 6.73 Å². The minimum absolute atomic E-state index is 0.0132. The van der Waals surface area contributed by atoms with E-state index in [1.165, 1.54) is 10.1 Å². The van der Waals surface area contributed by atoms with Crippen LogP contribution in [0.2, 0.25) is 0 Å². The largest absolute Gasteiger partial charge is 0.377 e. The molecule has 2 rings (SSSR count). The van der Waals surface area contributed by atoms with Gasteiger partial charge in [0.25, 0.3) is 0 Å². The zero-order chi connectivity index (χ0) is 8.39. The highest BCUT2D eigenvalue weighted by atomic mass is 32.1. The van der Waals surface area contributed by atoms with Crippen LogP contribution in [0.15, 0.2) is 29.6 Å². The lowest BCUT2D eigenvalue weighted by Gasteiger charge is -1.98. The third-order valence-corrected chi connectivity index (χ3v) is 2.71.